The van der Waals surface area contributed by atoms with Crippen molar-refractivity contribution in [2.45, 2.75) is 0 Å². The summed E-state index contributed by atoms with van der Waals surface area (Å²) in [6.07, 6.45) is 1.53. The van der Waals surface area contributed by atoms with Gasteiger partial charge in [0.1, 0.15) is 0 Å². The molecule has 0 spiro atoms. The summed E-state index contributed by atoms with van der Waals surface area (Å²) in [5.74, 6) is -1.08. The molecule has 1 heterocycles. The number of benzene rings is 2. The van der Waals surface area contributed by atoms with Crippen molar-refractivity contribution >= 4 is 57.6 Å². The Morgan fingerprint density at radius 2 is 1.86 bits per heavy atom. The van der Waals surface area contributed by atoms with Crippen molar-refractivity contribution in [2.24, 2.45) is 0 Å². The second-order valence-electron chi connectivity index (χ2n) is 5.96. The highest BCUT2D eigenvalue weighted by atomic mass is 35.5. The van der Waals surface area contributed by atoms with E-state index in [1.54, 1.807) is 42.5 Å². The zero-order valence-electron chi connectivity index (χ0n) is 15.0. The van der Waals surface area contributed by atoms with Crippen molar-refractivity contribution in [3.05, 3.63) is 75.8 Å². The SMILES string of the molecule is C=CCNC(=O)COC(=O)c1cc(-c2ccc(Cl)c(Cl)c2Cl)nc2ccccc12. The second kappa shape index (κ2) is 9.27. The first kappa shape index (κ1) is 21.1. The molecule has 5 nitrogen and oxygen atoms in total. The fraction of sp³-hybridized carbons (Fsp3) is 0.0952. The topological polar surface area (TPSA) is 68.3 Å². The fourth-order valence-electron chi connectivity index (χ4n) is 2.65. The number of halogens is 3. The molecule has 0 saturated carbocycles. The van der Waals surface area contributed by atoms with Crippen molar-refractivity contribution in [3.63, 3.8) is 0 Å². The van der Waals surface area contributed by atoms with Gasteiger partial charge in [0.25, 0.3) is 5.91 Å². The maximum atomic E-state index is 12.7. The Bertz CT molecular complexity index is 1120. The van der Waals surface area contributed by atoms with Crippen LogP contribution in [0.25, 0.3) is 22.2 Å². The zero-order chi connectivity index (χ0) is 21.0. The molecule has 0 saturated heterocycles. The summed E-state index contributed by atoms with van der Waals surface area (Å²) < 4.78 is 5.17. The van der Waals surface area contributed by atoms with E-state index in [4.69, 9.17) is 39.5 Å². The van der Waals surface area contributed by atoms with Gasteiger partial charge < -0.3 is 10.1 Å². The van der Waals surface area contributed by atoms with Gasteiger partial charge in [-0.2, -0.15) is 0 Å². The first-order chi connectivity index (χ1) is 13.9. The van der Waals surface area contributed by atoms with E-state index in [2.05, 4.69) is 16.9 Å². The van der Waals surface area contributed by atoms with Crippen LogP contribution in [0.15, 0.2) is 55.1 Å². The van der Waals surface area contributed by atoms with Crippen molar-refractivity contribution in [3.8, 4) is 11.3 Å². The van der Waals surface area contributed by atoms with E-state index < -0.39 is 18.5 Å². The Balaban J connectivity index is 2.01. The average Bonchev–Trinajstić information content (AvgIpc) is 2.73. The van der Waals surface area contributed by atoms with Gasteiger partial charge in [0, 0.05) is 17.5 Å². The molecule has 1 amide bonds. The molecule has 8 heteroatoms. The highest BCUT2D eigenvalue weighted by molar-refractivity contribution is 6.49. The van der Waals surface area contributed by atoms with Crippen LogP contribution >= 0.6 is 34.8 Å². The van der Waals surface area contributed by atoms with E-state index in [-0.39, 0.29) is 22.2 Å². The molecular formula is C21H15Cl3N2O3. The number of esters is 1. The fourth-order valence-corrected chi connectivity index (χ4v) is 3.28. The van der Waals surface area contributed by atoms with Crippen LogP contribution in [0.3, 0.4) is 0 Å². The summed E-state index contributed by atoms with van der Waals surface area (Å²) in [5.41, 5.74) is 1.76. The maximum Gasteiger partial charge on any atom is 0.339 e. The third kappa shape index (κ3) is 4.70. The van der Waals surface area contributed by atoms with Crippen molar-refractivity contribution in [2.75, 3.05) is 13.2 Å². The molecule has 0 radical (unpaired) electrons. The van der Waals surface area contributed by atoms with Gasteiger partial charge >= 0.3 is 5.97 Å². The van der Waals surface area contributed by atoms with E-state index in [1.807, 2.05) is 0 Å². The number of amides is 1. The van der Waals surface area contributed by atoms with Crippen molar-refractivity contribution in [1.29, 1.82) is 0 Å². The number of para-hydroxylation sites is 1. The van der Waals surface area contributed by atoms with Crippen LogP contribution in [0.2, 0.25) is 15.1 Å². The molecule has 29 heavy (non-hydrogen) atoms. The molecule has 2 aromatic carbocycles. The summed E-state index contributed by atoms with van der Waals surface area (Å²) in [4.78, 5) is 29.0. The molecular weight excluding hydrogens is 435 g/mol. The molecule has 1 N–H and O–H groups in total. The molecule has 0 bridgehead atoms. The molecule has 1 aromatic heterocycles. The molecule has 3 rings (SSSR count). The number of rotatable bonds is 6. The Morgan fingerprint density at radius 1 is 1.10 bits per heavy atom. The predicted molar refractivity (Wildman–Crippen MR) is 116 cm³/mol. The maximum absolute atomic E-state index is 12.7. The van der Waals surface area contributed by atoms with Crippen LogP contribution < -0.4 is 5.32 Å². The Morgan fingerprint density at radius 3 is 2.62 bits per heavy atom. The van der Waals surface area contributed by atoms with Gasteiger partial charge in [0.05, 0.1) is 31.8 Å². The largest absolute Gasteiger partial charge is 0.452 e. The van der Waals surface area contributed by atoms with E-state index in [9.17, 15) is 9.59 Å². The highest BCUT2D eigenvalue weighted by Gasteiger charge is 2.18. The van der Waals surface area contributed by atoms with Gasteiger partial charge in [-0.25, -0.2) is 9.78 Å². The molecule has 148 valence electrons. The van der Waals surface area contributed by atoms with E-state index in [0.717, 1.165) is 0 Å². The molecule has 0 aliphatic heterocycles. The van der Waals surface area contributed by atoms with Crippen molar-refractivity contribution < 1.29 is 14.3 Å². The van der Waals surface area contributed by atoms with Crippen LogP contribution in [0, 0.1) is 0 Å². The number of aromatic nitrogens is 1. The number of pyridine rings is 1. The Hall–Kier alpha value is -2.60. The number of hydrogen-bond donors (Lipinski definition) is 1. The summed E-state index contributed by atoms with van der Waals surface area (Å²) in [6.45, 7) is 3.38. The van der Waals surface area contributed by atoms with Crippen molar-refractivity contribution in [1.82, 2.24) is 10.3 Å². The number of carbonyl (C=O) groups is 2. The van der Waals surface area contributed by atoms with Gasteiger partial charge in [-0.05, 0) is 24.3 Å². The molecule has 3 aromatic rings. The van der Waals surface area contributed by atoms with E-state index in [0.29, 0.717) is 27.2 Å². The number of carbonyl (C=O) groups excluding carboxylic acids is 2. The van der Waals surface area contributed by atoms with Crippen LogP contribution in [0.1, 0.15) is 10.4 Å². The quantitative estimate of drug-likeness (QED) is 0.314. The lowest BCUT2D eigenvalue weighted by Gasteiger charge is -2.12. The average molecular weight is 450 g/mol. The summed E-state index contributed by atoms with van der Waals surface area (Å²) >= 11 is 18.5. The second-order valence-corrected chi connectivity index (χ2v) is 7.13. The van der Waals surface area contributed by atoms with E-state index >= 15 is 0 Å². The lowest BCUT2D eigenvalue weighted by atomic mass is 10.0. The van der Waals surface area contributed by atoms with E-state index in [1.165, 1.54) is 6.08 Å². The van der Waals surface area contributed by atoms with Crippen LogP contribution in [-0.2, 0) is 9.53 Å². The number of hydrogen-bond acceptors (Lipinski definition) is 4. The smallest absolute Gasteiger partial charge is 0.339 e. The zero-order valence-corrected chi connectivity index (χ0v) is 17.3. The third-order valence-electron chi connectivity index (χ3n) is 4.03. The van der Waals surface area contributed by atoms with Crippen LogP contribution in [0.5, 0.6) is 0 Å². The van der Waals surface area contributed by atoms with Gasteiger partial charge in [-0.3, -0.25) is 4.79 Å². The molecule has 0 fully saturated rings. The summed E-state index contributed by atoms with van der Waals surface area (Å²) in [6, 6.07) is 11.9. The molecule has 0 aliphatic rings. The number of nitrogens with zero attached hydrogens (tertiary/aromatic N) is 1. The Labute approximate surface area is 182 Å². The summed E-state index contributed by atoms with van der Waals surface area (Å²) in [7, 11) is 0. The third-order valence-corrected chi connectivity index (χ3v) is 5.32. The highest BCUT2D eigenvalue weighted by Crippen LogP contribution is 2.38. The summed E-state index contributed by atoms with van der Waals surface area (Å²) in [5, 5.41) is 3.86. The minimum Gasteiger partial charge on any atom is -0.452 e. The van der Waals surface area contributed by atoms with Gasteiger partial charge in [-0.15, -0.1) is 6.58 Å². The lowest BCUT2D eigenvalue weighted by Crippen LogP contribution is -2.28. The van der Waals surface area contributed by atoms with Gasteiger partial charge in [0.15, 0.2) is 6.61 Å². The first-order valence-electron chi connectivity index (χ1n) is 8.50. The van der Waals surface area contributed by atoms with Gasteiger partial charge in [-0.1, -0.05) is 59.1 Å². The number of fused-ring (bicyclic) bond motifs is 1. The predicted octanol–water partition coefficient (Wildman–Crippen LogP) is 5.32. The van der Waals surface area contributed by atoms with Gasteiger partial charge in [0.2, 0.25) is 0 Å². The lowest BCUT2D eigenvalue weighted by molar-refractivity contribution is -0.124. The monoisotopic (exact) mass is 448 g/mol. The number of ether oxygens (including phenoxy) is 1. The minimum atomic E-state index is -0.658. The number of nitrogens with one attached hydrogen (secondary N) is 1. The van der Waals surface area contributed by atoms with Crippen LogP contribution in [0.4, 0.5) is 0 Å². The Kier molecular flexibility index (Phi) is 6.75. The molecule has 0 unspecified atom stereocenters. The first-order valence-corrected chi connectivity index (χ1v) is 9.64. The standard InChI is InChI=1S/C21H15Cl3N2O3/c1-2-9-25-18(27)11-29-21(28)14-10-17(26-16-6-4-3-5-12(14)16)13-7-8-15(22)20(24)19(13)23/h2-8,10H,1,9,11H2,(H,25,27). The minimum absolute atomic E-state index is 0.198. The molecule has 0 aliphatic carbocycles. The normalized spacial score (nSPS) is 10.6. The molecule has 0 atom stereocenters. The van der Waals surface area contributed by atoms with Crippen LogP contribution in [-0.4, -0.2) is 30.0 Å².